The molecule has 0 aromatic heterocycles. The Balaban J connectivity index is 3.01. The van der Waals surface area contributed by atoms with Crippen molar-refractivity contribution in [3.63, 3.8) is 0 Å². The Hall–Kier alpha value is -0.310. The number of rotatable bonds is 4. The number of carbonyl (C=O) groups excluding carboxylic acids is 1. The fourth-order valence-corrected chi connectivity index (χ4v) is 0.592. The largest absolute Gasteiger partial charge is 0.288 e. The summed E-state index contributed by atoms with van der Waals surface area (Å²) in [5.41, 5.74) is 0. The number of hydrogen-bond donors (Lipinski definition) is 1. The fourth-order valence-electron chi connectivity index (χ4n) is 0.434. The van der Waals surface area contributed by atoms with Crippen LogP contribution < -0.4 is 0 Å². The molecule has 52 valence electrons. The van der Waals surface area contributed by atoms with Crippen LogP contribution in [0.2, 0.25) is 0 Å². The van der Waals surface area contributed by atoms with E-state index in [-0.39, 0.29) is 5.12 Å². The lowest BCUT2D eigenvalue weighted by atomic mass is 10.2. The van der Waals surface area contributed by atoms with E-state index < -0.39 is 0 Å². The number of allylic oxidation sites excluding steroid dienone is 1. The van der Waals surface area contributed by atoms with Crippen LogP contribution in [-0.4, -0.2) is 5.12 Å². The lowest BCUT2D eigenvalue weighted by molar-refractivity contribution is -0.110. The molecule has 0 N–H and O–H groups in total. The summed E-state index contributed by atoms with van der Waals surface area (Å²) in [6, 6.07) is 0. The summed E-state index contributed by atoms with van der Waals surface area (Å²) in [6.07, 6.45) is 3.60. The molecular formula is C6H9FOS. The summed E-state index contributed by atoms with van der Waals surface area (Å²) < 4.78 is 11.2. The van der Waals surface area contributed by atoms with E-state index in [1.807, 2.05) is 0 Å². The van der Waals surface area contributed by atoms with Crippen molar-refractivity contribution in [1.82, 2.24) is 0 Å². The molecule has 0 unspecified atom stereocenters. The first-order valence-electron chi connectivity index (χ1n) is 2.74. The van der Waals surface area contributed by atoms with Gasteiger partial charge in [0, 0.05) is 6.42 Å². The molecule has 0 bridgehead atoms. The van der Waals surface area contributed by atoms with Crippen LogP contribution in [0, 0.1) is 0 Å². The molecule has 0 aliphatic heterocycles. The first-order chi connectivity index (χ1) is 4.27. The van der Waals surface area contributed by atoms with Gasteiger partial charge in [0.25, 0.3) is 0 Å². The third kappa shape index (κ3) is 7.69. The van der Waals surface area contributed by atoms with E-state index in [1.54, 1.807) is 0 Å². The number of carbonyl (C=O) groups is 1. The van der Waals surface area contributed by atoms with Gasteiger partial charge in [-0.2, -0.15) is 0 Å². The third-order valence-electron chi connectivity index (χ3n) is 0.851. The number of hydrogen-bond acceptors (Lipinski definition) is 1. The van der Waals surface area contributed by atoms with Gasteiger partial charge in [0.1, 0.15) is 0 Å². The van der Waals surface area contributed by atoms with Crippen molar-refractivity contribution in [2.75, 3.05) is 0 Å². The molecule has 0 aromatic rings. The summed E-state index contributed by atoms with van der Waals surface area (Å²) >= 11 is 3.54. The second kappa shape index (κ2) is 5.82. The zero-order valence-electron chi connectivity index (χ0n) is 5.01. The van der Waals surface area contributed by atoms with Gasteiger partial charge in [0.2, 0.25) is 0 Å². The molecule has 0 radical (unpaired) electrons. The highest BCUT2D eigenvalue weighted by molar-refractivity contribution is 7.96. The second-order valence-corrected chi connectivity index (χ2v) is 2.15. The van der Waals surface area contributed by atoms with Crippen molar-refractivity contribution in [3.8, 4) is 0 Å². The topological polar surface area (TPSA) is 17.1 Å². The average molecular weight is 148 g/mol. The zero-order valence-corrected chi connectivity index (χ0v) is 5.90. The SMILES string of the molecule is O=C(S)CCCC=CF. The molecule has 0 fully saturated rings. The maximum Gasteiger partial charge on any atom is 0.185 e. The van der Waals surface area contributed by atoms with Crippen LogP contribution in [-0.2, 0) is 4.79 Å². The Morgan fingerprint density at radius 2 is 2.33 bits per heavy atom. The molecular weight excluding hydrogens is 139 g/mol. The van der Waals surface area contributed by atoms with Crippen LogP contribution in [0.15, 0.2) is 12.4 Å². The molecule has 3 heteroatoms. The molecule has 0 saturated carbocycles. The van der Waals surface area contributed by atoms with Crippen LogP contribution in [0.1, 0.15) is 19.3 Å². The Morgan fingerprint density at radius 1 is 1.67 bits per heavy atom. The van der Waals surface area contributed by atoms with Gasteiger partial charge < -0.3 is 0 Å². The van der Waals surface area contributed by atoms with E-state index in [0.717, 1.165) is 0 Å². The van der Waals surface area contributed by atoms with Gasteiger partial charge in [-0.05, 0) is 12.8 Å². The van der Waals surface area contributed by atoms with Crippen LogP contribution >= 0.6 is 12.6 Å². The molecule has 0 atom stereocenters. The Bertz CT molecular complexity index is 112. The molecule has 0 aliphatic rings. The molecule has 0 aromatic carbocycles. The third-order valence-corrected chi connectivity index (χ3v) is 1.07. The van der Waals surface area contributed by atoms with Gasteiger partial charge in [-0.25, -0.2) is 4.39 Å². The highest BCUT2D eigenvalue weighted by Crippen LogP contribution is 1.99. The van der Waals surface area contributed by atoms with E-state index >= 15 is 0 Å². The number of thiol groups is 1. The predicted molar refractivity (Wildman–Crippen MR) is 38.1 cm³/mol. The molecule has 0 aliphatic carbocycles. The lowest BCUT2D eigenvalue weighted by Crippen LogP contribution is -1.83. The summed E-state index contributed by atoms with van der Waals surface area (Å²) in [4.78, 5) is 10.2. The van der Waals surface area contributed by atoms with Gasteiger partial charge in [-0.15, -0.1) is 12.6 Å². The van der Waals surface area contributed by atoms with Crippen molar-refractivity contribution >= 4 is 17.7 Å². The molecule has 0 spiro atoms. The van der Waals surface area contributed by atoms with E-state index in [1.165, 1.54) is 6.08 Å². The summed E-state index contributed by atoms with van der Waals surface area (Å²) in [5.74, 6) is 0. The van der Waals surface area contributed by atoms with Gasteiger partial charge in [-0.1, -0.05) is 6.08 Å². The highest BCUT2D eigenvalue weighted by Gasteiger charge is 1.90. The molecule has 9 heavy (non-hydrogen) atoms. The Morgan fingerprint density at radius 3 is 2.78 bits per heavy atom. The maximum atomic E-state index is 11.2. The number of halogens is 1. The molecule has 0 saturated heterocycles. The standard InChI is InChI=1S/C6H9FOS/c7-5-3-1-2-4-6(8)9/h3,5H,1-2,4H2,(H,8,9). The second-order valence-electron chi connectivity index (χ2n) is 1.65. The van der Waals surface area contributed by atoms with E-state index in [2.05, 4.69) is 12.6 Å². The Kier molecular flexibility index (Phi) is 5.62. The quantitative estimate of drug-likeness (QED) is 0.477. The zero-order chi connectivity index (χ0) is 7.11. The number of unbranched alkanes of at least 4 members (excludes halogenated alkanes) is 1. The van der Waals surface area contributed by atoms with E-state index in [0.29, 0.717) is 25.6 Å². The van der Waals surface area contributed by atoms with E-state index in [9.17, 15) is 9.18 Å². The van der Waals surface area contributed by atoms with Crippen molar-refractivity contribution in [2.24, 2.45) is 0 Å². The van der Waals surface area contributed by atoms with Crippen molar-refractivity contribution in [1.29, 1.82) is 0 Å². The van der Waals surface area contributed by atoms with Crippen LogP contribution in [0.3, 0.4) is 0 Å². The molecule has 0 rings (SSSR count). The van der Waals surface area contributed by atoms with Crippen LogP contribution in [0.25, 0.3) is 0 Å². The summed E-state index contributed by atoms with van der Waals surface area (Å²) in [5, 5.41) is -0.137. The molecule has 0 heterocycles. The lowest BCUT2D eigenvalue weighted by Gasteiger charge is -1.87. The molecule has 1 nitrogen and oxygen atoms in total. The van der Waals surface area contributed by atoms with Crippen LogP contribution in [0.4, 0.5) is 4.39 Å². The minimum Gasteiger partial charge on any atom is -0.288 e. The smallest absolute Gasteiger partial charge is 0.185 e. The summed E-state index contributed by atoms with van der Waals surface area (Å²) in [6.45, 7) is 0. The van der Waals surface area contributed by atoms with Crippen molar-refractivity contribution < 1.29 is 9.18 Å². The van der Waals surface area contributed by atoms with Crippen molar-refractivity contribution in [2.45, 2.75) is 19.3 Å². The normalized spacial score (nSPS) is 10.4. The average Bonchev–Trinajstić information content (AvgIpc) is 1.80. The highest BCUT2D eigenvalue weighted by atomic mass is 32.1. The first kappa shape index (κ1) is 8.69. The van der Waals surface area contributed by atoms with Gasteiger partial charge in [-0.3, -0.25) is 4.79 Å². The minimum absolute atomic E-state index is 0.137. The van der Waals surface area contributed by atoms with Gasteiger partial charge in [0.05, 0.1) is 6.33 Å². The fraction of sp³-hybridized carbons (Fsp3) is 0.500. The Labute approximate surface area is 59.4 Å². The summed E-state index contributed by atoms with van der Waals surface area (Å²) in [7, 11) is 0. The maximum absolute atomic E-state index is 11.2. The molecule has 0 amide bonds. The van der Waals surface area contributed by atoms with Crippen molar-refractivity contribution in [3.05, 3.63) is 12.4 Å². The monoisotopic (exact) mass is 148 g/mol. The first-order valence-corrected chi connectivity index (χ1v) is 3.19. The minimum atomic E-state index is -0.137. The van der Waals surface area contributed by atoms with Gasteiger partial charge >= 0.3 is 0 Å². The van der Waals surface area contributed by atoms with Gasteiger partial charge in [0.15, 0.2) is 5.12 Å². The predicted octanol–water partition coefficient (Wildman–Crippen LogP) is 2.10. The van der Waals surface area contributed by atoms with E-state index in [4.69, 9.17) is 0 Å². The van der Waals surface area contributed by atoms with Crippen LogP contribution in [0.5, 0.6) is 0 Å².